The molecule has 6 heteroatoms. The lowest BCUT2D eigenvalue weighted by Crippen LogP contribution is -1.78. The standard InChI is InChI=1S/C14H7ClN2O3/c15-11-4-8(18)1-2-10(11)14-17-12-5-9(19)3-7(6-16)13(12)20-14/h1-5,18-19H. The Kier molecular flexibility index (Phi) is 2.74. The molecule has 0 fully saturated rings. The van der Waals surface area contributed by atoms with Crippen molar-refractivity contribution in [3.05, 3.63) is 40.9 Å². The van der Waals surface area contributed by atoms with E-state index in [2.05, 4.69) is 4.98 Å². The molecule has 0 spiro atoms. The molecular formula is C14H7ClN2O3. The molecule has 98 valence electrons. The topological polar surface area (TPSA) is 90.3 Å². The highest BCUT2D eigenvalue weighted by atomic mass is 35.5. The van der Waals surface area contributed by atoms with Crippen LogP contribution in [0, 0.1) is 11.3 Å². The van der Waals surface area contributed by atoms with Crippen LogP contribution in [-0.4, -0.2) is 15.2 Å². The maximum absolute atomic E-state index is 9.52. The predicted octanol–water partition coefficient (Wildman–Crippen LogP) is 3.43. The number of halogens is 1. The highest BCUT2D eigenvalue weighted by Gasteiger charge is 2.15. The Hall–Kier alpha value is -2.71. The van der Waals surface area contributed by atoms with E-state index in [4.69, 9.17) is 21.3 Å². The third kappa shape index (κ3) is 1.92. The molecule has 3 rings (SSSR count). The number of aromatic nitrogens is 1. The van der Waals surface area contributed by atoms with Crippen LogP contribution in [0.15, 0.2) is 34.7 Å². The van der Waals surface area contributed by atoms with Gasteiger partial charge in [0.05, 0.1) is 10.6 Å². The number of phenolic OH excluding ortho intramolecular Hbond substituents is 2. The summed E-state index contributed by atoms with van der Waals surface area (Å²) in [6.07, 6.45) is 0. The van der Waals surface area contributed by atoms with Gasteiger partial charge in [-0.15, -0.1) is 0 Å². The summed E-state index contributed by atoms with van der Waals surface area (Å²) >= 11 is 6.02. The van der Waals surface area contributed by atoms with Crippen molar-refractivity contribution in [3.63, 3.8) is 0 Å². The van der Waals surface area contributed by atoms with Crippen molar-refractivity contribution in [2.45, 2.75) is 0 Å². The number of phenols is 2. The van der Waals surface area contributed by atoms with Crippen LogP contribution in [0.2, 0.25) is 5.02 Å². The van der Waals surface area contributed by atoms with Crippen LogP contribution in [-0.2, 0) is 0 Å². The Balaban J connectivity index is 2.26. The van der Waals surface area contributed by atoms with Gasteiger partial charge in [-0.1, -0.05) is 11.6 Å². The van der Waals surface area contributed by atoms with Crippen molar-refractivity contribution in [2.75, 3.05) is 0 Å². The molecule has 0 saturated carbocycles. The molecule has 3 aromatic rings. The number of hydrogen-bond donors (Lipinski definition) is 2. The fraction of sp³-hybridized carbons (Fsp3) is 0. The van der Waals surface area contributed by atoms with Crippen molar-refractivity contribution < 1.29 is 14.6 Å². The molecule has 0 atom stereocenters. The van der Waals surface area contributed by atoms with Crippen LogP contribution < -0.4 is 0 Å². The molecule has 0 saturated heterocycles. The molecular weight excluding hydrogens is 280 g/mol. The minimum Gasteiger partial charge on any atom is -0.508 e. The minimum absolute atomic E-state index is 0.0326. The van der Waals surface area contributed by atoms with Crippen molar-refractivity contribution in [1.82, 2.24) is 4.98 Å². The van der Waals surface area contributed by atoms with Gasteiger partial charge in [0.15, 0.2) is 5.58 Å². The van der Waals surface area contributed by atoms with Crippen LogP contribution in [0.4, 0.5) is 0 Å². The van der Waals surface area contributed by atoms with Crippen LogP contribution in [0.25, 0.3) is 22.6 Å². The maximum atomic E-state index is 9.52. The lowest BCUT2D eigenvalue weighted by molar-refractivity contribution is 0.475. The average molecular weight is 287 g/mol. The monoisotopic (exact) mass is 286 g/mol. The number of rotatable bonds is 1. The van der Waals surface area contributed by atoms with E-state index in [1.165, 1.54) is 24.3 Å². The van der Waals surface area contributed by atoms with Gasteiger partial charge in [-0.05, 0) is 18.2 Å². The first-order valence-corrected chi connectivity index (χ1v) is 5.99. The van der Waals surface area contributed by atoms with E-state index >= 15 is 0 Å². The Morgan fingerprint density at radius 1 is 1.15 bits per heavy atom. The number of hydrogen-bond acceptors (Lipinski definition) is 5. The highest BCUT2D eigenvalue weighted by Crippen LogP contribution is 2.34. The quantitative estimate of drug-likeness (QED) is 0.715. The van der Waals surface area contributed by atoms with Crippen molar-refractivity contribution in [1.29, 1.82) is 5.26 Å². The number of fused-ring (bicyclic) bond motifs is 1. The molecule has 0 aliphatic rings. The van der Waals surface area contributed by atoms with E-state index in [-0.39, 0.29) is 33.6 Å². The van der Waals surface area contributed by atoms with Gasteiger partial charge in [0, 0.05) is 12.1 Å². The van der Waals surface area contributed by atoms with Gasteiger partial charge in [0.25, 0.3) is 0 Å². The summed E-state index contributed by atoms with van der Waals surface area (Å²) in [7, 11) is 0. The lowest BCUT2D eigenvalue weighted by atomic mass is 10.2. The minimum atomic E-state index is -0.0642. The second kappa shape index (κ2) is 4.44. The van der Waals surface area contributed by atoms with Gasteiger partial charge in [0.2, 0.25) is 5.89 Å². The molecule has 0 aliphatic carbocycles. The number of benzene rings is 2. The zero-order chi connectivity index (χ0) is 14.3. The summed E-state index contributed by atoms with van der Waals surface area (Å²) in [4.78, 5) is 4.20. The molecule has 0 aliphatic heterocycles. The zero-order valence-corrected chi connectivity index (χ0v) is 10.7. The highest BCUT2D eigenvalue weighted by molar-refractivity contribution is 6.33. The van der Waals surface area contributed by atoms with Crippen LogP contribution >= 0.6 is 11.6 Å². The van der Waals surface area contributed by atoms with Gasteiger partial charge < -0.3 is 14.6 Å². The first-order valence-electron chi connectivity index (χ1n) is 5.61. The first kappa shape index (κ1) is 12.3. The van der Waals surface area contributed by atoms with E-state index in [0.29, 0.717) is 11.1 Å². The predicted molar refractivity (Wildman–Crippen MR) is 72.5 cm³/mol. The van der Waals surface area contributed by atoms with E-state index in [1.54, 1.807) is 6.07 Å². The van der Waals surface area contributed by atoms with E-state index < -0.39 is 0 Å². The normalized spacial score (nSPS) is 10.6. The van der Waals surface area contributed by atoms with Gasteiger partial charge in [0.1, 0.15) is 28.6 Å². The smallest absolute Gasteiger partial charge is 0.228 e. The Morgan fingerprint density at radius 3 is 2.65 bits per heavy atom. The summed E-state index contributed by atoms with van der Waals surface area (Å²) in [6.45, 7) is 0. The summed E-state index contributed by atoms with van der Waals surface area (Å²) in [6, 6.07) is 9.02. The second-order valence-electron chi connectivity index (χ2n) is 4.14. The van der Waals surface area contributed by atoms with Gasteiger partial charge in [-0.3, -0.25) is 0 Å². The Labute approximate surface area is 118 Å². The first-order chi connectivity index (χ1) is 9.58. The summed E-state index contributed by atoms with van der Waals surface area (Å²) in [5, 5.41) is 28.2. The molecule has 0 radical (unpaired) electrons. The largest absolute Gasteiger partial charge is 0.508 e. The third-order valence-corrected chi connectivity index (χ3v) is 3.09. The molecule has 0 unspecified atom stereocenters. The van der Waals surface area contributed by atoms with Gasteiger partial charge in [-0.2, -0.15) is 5.26 Å². The zero-order valence-electron chi connectivity index (χ0n) is 9.96. The molecule has 2 aromatic carbocycles. The third-order valence-electron chi connectivity index (χ3n) is 2.78. The number of aromatic hydroxyl groups is 2. The van der Waals surface area contributed by atoms with E-state index in [9.17, 15) is 10.2 Å². The van der Waals surface area contributed by atoms with E-state index in [1.807, 2.05) is 6.07 Å². The maximum Gasteiger partial charge on any atom is 0.228 e. The molecule has 0 bridgehead atoms. The summed E-state index contributed by atoms with van der Waals surface area (Å²) in [5.41, 5.74) is 1.32. The molecule has 1 heterocycles. The van der Waals surface area contributed by atoms with Crippen molar-refractivity contribution in [2.24, 2.45) is 0 Å². The number of nitrogens with zero attached hydrogens (tertiary/aromatic N) is 2. The van der Waals surface area contributed by atoms with Gasteiger partial charge in [-0.25, -0.2) is 4.98 Å². The molecule has 2 N–H and O–H groups in total. The molecule has 5 nitrogen and oxygen atoms in total. The van der Waals surface area contributed by atoms with Crippen molar-refractivity contribution >= 4 is 22.7 Å². The van der Waals surface area contributed by atoms with E-state index in [0.717, 1.165) is 0 Å². The fourth-order valence-corrected chi connectivity index (χ4v) is 2.15. The number of oxazole rings is 1. The Morgan fingerprint density at radius 2 is 1.95 bits per heavy atom. The van der Waals surface area contributed by atoms with Crippen LogP contribution in [0.3, 0.4) is 0 Å². The Bertz CT molecular complexity index is 865. The van der Waals surface area contributed by atoms with Crippen molar-refractivity contribution in [3.8, 4) is 29.0 Å². The van der Waals surface area contributed by atoms with Crippen LogP contribution in [0.5, 0.6) is 11.5 Å². The summed E-state index contributed by atoms with van der Waals surface area (Å²) in [5.74, 6) is 0.183. The SMILES string of the molecule is N#Cc1cc(O)cc2nc(-c3ccc(O)cc3Cl)oc12. The summed E-state index contributed by atoms with van der Waals surface area (Å²) < 4.78 is 5.54. The average Bonchev–Trinajstić information content (AvgIpc) is 2.80. The van der Waals surface area contributed by atoms with Gasteiger partial charge >= 0.3 is 0 Å². The fourth-order valence-electron chi connectivity index (χ4n) is 1.89. The van der Waals surface area contributed by atoms with Crippen LogP contribution in [0.1, 0.15) is 5.56 Å². The molecule has 20 heavy (non-hydrogen) atoms. The lowest BCUT2D eigenvalue weighted by Gasteiger charge is -1.99. The number of nitriles is 1. The molecule has 1 aromatic heterocycles. The molecule has 0 amide bonds. The second-order valence-corrected chi connectivity index (χ2v) is 4.54.